The average Bonchev–Trinajstić information content (AvgIpc) is 3.22. The quantitative estimate of drug-likeness (QED) is 0.280. The summed E-state index contributed by atoms with van der Waals surface area (Å²) in [6.07, 6.45) is 3.26. The maximum absolute atomic E-state index is 12.8. The molecule has 0 spiro atoms. The molecule has 0 radical (unpaired) electrons. The number of hydrogen-bond acceptors (Lipinski definition) is 4. The average molecular weight is 504 g/mol. The Morgan fingerprint density at radius 3 is 2.53 bits per heavy atom. The van der Waals surface area contributed by atoms with Crippen LogP contribution in [0.2, 0.25) is 5.02 Å². The molecule has 4 aromatic rings. The van der Waals surface area contributed by atoms with Gasteiger partial charge in [-0.2, -0.15) is 0 Å². The number of carbonyl (C=O) groups is 3. The number of aromatic nitrogens is 1. The number of aliphatic carboxylic acids is 1. The minimum absolute atomic E-state index is 0.00697. The van der Waals surface area contributed by atoms with Crippen LogP contribution in [0.15, 0.2) is 78.6 Å². The second-order valence-corrected chi connectivity index (χ2v) is 8.52. The lowest BCUT2D eigenvalue weighted by molar-refractivity contribution is -0.132. The van der Waals surface area contributed by atoms with Crippen molar-refractivity contribution in [1.82, 2.24) is 15.2 Å². The number of aryl methyl sites for hydroxylation is 1. The van der Waals surface area contributed by atoms with Crippen LogP contribution < -0.4 is 10.6 Å². The predicted molar refractivity (Wildman–Crippen MR) is 137 cm³/mol. The fourth-order valence-corrected chi connectivity index (χ4v) is 3.93. The number of hydrogen-bond donors (Lipinski definition) is 4. The molecular formula is C27H22ClN3O5. The summed E-state index contributed by atoms with van der Waals surface area (Å²) in [7, 11) is 1.88. The van der Waals surface area contributed by atoms with Crippen molar-refractivity contribution in [1.29, 1.82) is 0 Å². The summed E-state index contributed by atoms with van der Waals surface area (Å²) < 4.78 is 1.91. The van der Waals surface area contributed by atoms with E-state index in [1.807, 2.05) is 36.0 Å². The van der Waals surface area contributed by atoms with Crippen LogP contribution in [-0.2, 0) is 18.4 Å². The van der Waals surface area contributed by atoms with Crippen molar-refractivity contribution in [2.24, 2.45) is 7.05 Å². The van der Waals surface area contributed by atoms with Gasteiger partial charge in [-0.3, -0.25) is 9.59 Å². The fraction of sp³-hybridized carbons (Fsp3) is 0.0741. The van der Waals surface area contributed by atoms with Gasteiger partial charge in [0.2, 0.25) is 0 Å². The second kappa shape index (κ2) is 10.4. The number of phenolic OH excluding ortho intramolecular Hbond substituents is 1. The molecule has 0 saturated carbocycles. The summed E-state index contributed by atoms with van der Waals surface area (Å²) >= 11 is 6.26. The molecule has 9 heteroatoms. The lowest BCUT2D eigenvalue weighted by Crippen LogP contribution is -2.28. The Balaban J connectivity index is 1.48. The number of halogens is 1. The number of phenols is 1. The van der Waals surface area contributed by atoms with Gasteiger partial charge in [0, 0.05) is 30.9 Å². The normalized spacial score (nSPS) is 11.3. The van der Waals surface area contributed by atoms with Crippen molar-refractivity contribution in [3.8, 4) is 5.75 Å². The Bertz CT molecular complexity index is 1520. The molecule has 3 aromatic carbocycles. The number of nitrogens with zero attached hydrogens (tertiary/aromatic N) is 1. The van der Waals surface area contributed by atoms with Crippen LogP contribution in [0.3, 0.4) is 0 Å². The molecule has 0 fully saturated rings. The number of carboxylic acid groups (broad SMARTS) is 1. The Hall–Kier alpha value is -4.56. The van der Waals surface area contributed by atoms with Crippen molar-refractivity contribution in [2.45, 2.75) is 6.54 Å². The number of aromatic hydroxyl groups is 1. The summed E-state index contributed by atoms with van der Waals surface area (Å²) in [5.41, 5.74) is 2.16. The number of amides is 2. The minimum Gasteiger partial charge on any atom is -0.508 e. The Morgan fingerprint density at radius 1 is 1.00 bits per heavy atom. The van der Waals surface area contributed by atoms with E-state index in [1.54, 1.807) is 18.2 Å². The van der Waals surface area contributed by atoms with E-state index in [1.165, 1.54) is 36.4 Å². The number of benzene rings is 3. The summed E-state index contributed by atoms with van der Waals surface area (Å²) in [6.45, 7) is 0.189. The second-order valence-electron chi connectivity index (χ2n) is 8.11. The van der Waals surface area contributed by atoms with E-state index in [-0.39, 0.29) is 34.1 Å². The van der Waals surface area contributed by atoms with Gasteiger partial charge in [-0.15, -0.1) is 0 Å². The standard InChI is InChI=1S/C27H22ClN3O5/c1-31-10-9-18-6-5-16(13-24(18)31)12-23(27(35)36)30-26(34)21-8-7-19(14-22(21)28)25(33)29-15-17-3-2-4-20(32)11-17/h2-14,32H,15H2,1H3,(H,29,33)(H,30,34)(H,35,36). The molecular weight excluding hydrogens is 482 g/mol. The van der Waals surface area contributed by atoms with Gasteiger partial charge < -0.3 is 25.4 Å². The lowest BCUT2D eigenvalue weighted by atomic mass is 10.1. The molecule has 0 atom stereocenters. The highest BCUT2D eigenvalue weighted by atomic mass is 35.5. The molecule has 1 aromatic heterocycles. The number of rotatable bonds is 7. The monoisotopic (exact) mass is 503 g/mol. The first-order chi connectivity index (χ1) is 17.2. The smallest absolute Gasteiger partial charge is 0.352 e. The largest absolute Gasteiger partial charge is 0.508 e. The van der Waals surface area contributed by atoms with Gasteiger partial charge in [0.1, 0.15) is 11.4 Å². The molecule has 4 N–H and O–H groups in total. The Kier molecular flexibility index (Phi) is 7.07. The Labute approximate surface area is 211 Å². The Morgan fingerprint density at radius 2 is 1.81 bits per heavy atom. The molecule has 1 heterocycles. The van der Waals surface area contributed by atoms with Crippen molar-refractivity contribution in [2.75, 3.05) is 0 Å². The zero-order valence-electron chi connectivity index (χ0n) is 19.2. The third-order valence-corrected chi connectivity index (χ3v) is 5.85. The van der Waals surface area contributed by atoms with E-state index < -0.39 is 17.8 Å². The molecule has 2 amide bonds. The zero-order valence-corrected chi connectivity index (χ0v) is 19.9. The zero-order chi connectivity index (χ0) is 25.8. The molecule has 4 rings (SSSR count). The van der Waals surface area contributed by atoms with Gasteiger partial charge in [0.25, 0.3) is 11.8 Å². The maximum Gasteiger partial charge on any atom is 0.352 e. The predicted octanol–water partition coefficient (Wildman–Crippen LogP) is 4.32. The fourth-order valence-electron chi connectivity index (χ4n) is 3.67. The maximum atomic E-state index is 12.8. The van der Waals surface area contributed by atoms with E-state index >= 15 is 0 Å². The van der Waals surface area contributed by atoms with Crippen LogP contribution >= 0.6 is 11.6 Å². The van der Waals surface area contributed by atoms with Crippen LogP contribution in [0.1, 0.15) is 31.8 Å². The van der Waals surface area contributed by atoms with Crippen LogP contribution in [0.5, 0.6) is 5.75 Å². The van der Waals surface area contributed by atoms with Gasteiger partial charge in [0.05, 0.1) is 10.6 Å². The molecule has 36 heavy (non-hydrogen) atoms. The lowest BCUT2D eigenvalue weighted by Gasteiger charge is -2.10. The first kappa shape index (κ1) is 24.6. The summed E-state index contributed by atoms with van der Waals surface area (Å²) in [4.78, 5) is 37.1. The van der Waals surface area contributed by atoms with Gasteiger partial charge in [-0.05, 0) is 65.1 Å². The highest BCUT2D eigenvalue weighted by Gasteiger charge is 2.18. The minimum atomic E-state index is -1.31. The van der Waals surface area contributed by atoms with E-state index in [0.29, 0.717) is 11.1 Å². The van der Waals surface area contributed by atoms with E-state index in [9.17, 15) is 24.6 Å². The molecule has 182 valence electrons. The van der Waals surface area contributed by atoms with Crippen molar-refractivity contribution in [3.05, 3.63) is 106 Å². The molecule has 0 bridgehead atoms. The third kappa shape index (κ3) is 5.56. The molecule has 0 unspecified atom stereocenters. The number of fused-ring (bicyclic) bond motifs is 1. The number of carbonyl (C=O) groups excluding carboxylic acids is 2. The van der Waals surface area contributed by atoms with E-state index in [0.717, 1.165) is 10.9 Å². The van der Waals surface area contributed by atoms with Crippen LogP contribution in [0, 0.1) is 0 Å². The van der Waals surface area contributed by atoms with Gasteiger partial charge >= 0.3 is 5.97 Å². The van der Waals surface area contributed by atoms with Crippen molar-refractivity contribution < 1.29 is 24.6 Å². The van der Waals surface area contributed by atoms with Gasteiger partial charge in [-0.1, -0.05) is 35.9 Å². The van der Waals surface area contributed by atoms with E-state index in [4.69, 9.17) is 11.6 Å². The summed E-state index contributed by atoms with van der Waals surface area (Å²) in [6, 6.07) is 18.0. The SMILES string of the molecule is Cn1ccc2ccc(C=C(NC(=O)c3ccc(C(=O)NCc4cccc(O)c4)cc3Cl)C(=O)O)cc21. The van der Waals surface area contributed by atoms with Crippen molar-refractivity contribution >= 4 is 46.4 Å². The van der Waals surface area contributed by atoms with Crippen LogP contribution in [-0.4, -0.2) is 32.6 Å². The number of carboxylic acids is 1. The molecule has 0 saturated heterocycles. The highest BCUT2D eigenvalue weighted by molar-refractivity contribution is 6.34. The van der Waals surface area contributed by atoms with Gasteiger partial charge in [0.15, 0.2) is 0 Å². The van der Waals surface area contributed by atoms with Crippen molar-refractivity contribution in [3.63, 3.8) is 0 Å². The van der Waals surface area contributed by atoms with E-state index in [2.05, 4.69) is 10.6 Å². The summed E-state index contributed by atoms with van der Waals surface area (Å²) in [5, 5.41) is 25.2. The topological polar surface area (TPSA) is 121 Å². The first-order valence-electron chi connectivity index (χ1n) is 10.9. The van der Waals surface area contributed by atoms with Crippen LogP contribution in [0.25, 0.3) is 17.0 Å². The number of nitrogens with one attached hydrogen (secondary N) is 2. The first-order valence-corrected chi connectivity index (χ1v) is 11.3. The summed E-state index contributed by atoms with van der Waals surface area (Å²) in [5.74, 6) is -2.36. The van der Waals surface area contributed by atoms with Gasteiger partial charge in [-0.25, -0.2) is 4.79 Å². The van der Waals surface area contributed by atoms with Crippen LogP contribution in [0.4, 0.5) is 0 Å². The highest BCUT2D eigenvalue weighted by Crippen LogP contribution is 2.21. The third-order valence-electron chi connectivity index (χ3n) is 5.54. The molecule has 0 aliphatic heterocycles. The molecule has 8 nitrogen and oxygen atoms in total. The molecule has 0 aliphatic carbocycles. The molecule has 0 aliphatic rings.